The lowest BCUT2D eigenvalue weighted by Crippen LogP contribution is -2.35. The third-order valence-electron chi connectivity index (χ3n) is 4.91. The molecule has 4 rings (SSSR count). The van der Waals surface area contributed by atoms with E-state index in [9.17, 15) is 4.79 Å². The van der Waals surface area contributed by atoms with Crippen LogP contribution in [-0.2, 0) is 17.8 Å². The van der Waals surface area contributed by atoms with Crippen molar-refractivity contribution in [1.82, 2.24) is 19.8 Å². The first-order valence-corrected chi connectivity index (χ1v) is 10.1. The lowest BCUT2D eigenvalue weighted by molar-refractivity contribution is -0.131. The van der Waals surface area contributed by atoms with E-state index in [0.717, 1.165) is 56.0 Å². The van der Waals surface area contributed by atoms with Crippen molar-refractivity contribution in [1.29, 1.82) is 0 Å². The summed E-state index contributed by atoms with van der Waals surface area (Å²) in [6.45, 7) is 4.70. The Balaban J connectivity index is 1.29. The highest BCUT2D eigenvalue weighted by Gasteiger charge is 2.19. The monoisotopic (exact) mass is 368 g/mol. The van der Waals surface area contributed by atoms with Crippen LogP contribution >= 0.6 is 11.3 Å². The van der Waals surface area contributed by atoms with E-state index >= 15 is 0 Å². The van der Waals surface area contributed by atoms with Crippen molar-refractivity contribution >= 4 is 28.3 Å². The Hall–Kier alpha value is -2.18. The van der Waals surface area contributed by atoms with Crippen LogP contribution in [0, 0.1) is 0 Å². The van der Waals surface area contributed by atoms with Crippen LogP contribution in [0.25, 0.3) is 11.0 Å². The molecule has 1 fully saturated rings. The number of aromatic amines is 1. The molecule has 3 aromatic rings. The van der Waals surface area contributed by atoms with Crippen molar-refractivity contribution in [2.45, 2.75) is 25.8 Å². The van der Waals surface area contributed by atoms with Gasteiger partial charge in [0.15, 0.2) is 0 Å². The summed E-state index contributed by atoms with van der Waals surface area (Å²) in [6, 6.07) is 12.3. The Morgan fingerprint density at radius 3 is 2.88 bits per heavy atom. The van der Waals surface area contributed by atoms with Crippen LogP contribution in [0.5, 0.6) is 0 Å². The Labute approximate surface area is 157 Å². The molecule has 1 aliphatic rings. The molecule has 0 unspecified atom stereocenters. The molecule has 1 aromatic carbocycles. The van der Waals surface area contributed by atoms with Gasteiger partial charge in [-0.3, -0.25) is 9.69 Å². The molecule has 136 valence electrons. The fourth-order valence-corrected chi connectivity index (χ4v) is 4.26. The predicted octanol–water partition coefficient (Wildman–Crippen LogP) is 3.29. The van der Waals surface area contributed by atoms with Gasteiger partial charge in [-0.2, -0.15) is 0 Å². The van der Waals surface area contributed by atoms with Gasteiger partial charge in [0.1, 0.15) is 5.82 Å². The van der Waals surface area contributed by atoms with Crippen LogP contribution in [0.4, 0.5) is 0 Å². The van der Waals surface area contributed by atoms with E-state index in [1.54, 1.807) is 11.3 Å². The standard InChI is InChI=1S/C20H24N4OS/c25-20(9-8-19-21-17-6-1-2-7-18(17)22-19)24-11-4-10-23(12-13-24)15-16-5-3-14-26-16/h1-3,5-7,14H,4,8-13,15H2,(H,21,22). The van der Waals surface area contributed by atoms with Gasteiger partial charge in [-0.1, -0.05) is 18.2 Å². The molecule has 1 saturated heterocycles. The van der Waals surface area contributed by atoms with Crippen molar-refractivity contribution in [3.8, 4) is 0 Å². The van der Waals surface area contributed by atoms with Crippen LogP contribution in [0.15, 0.2) is 41.8 Å². The predicted molar refractivity (Wildman–Crippen MR) is 105 cm³/mol. The van der Waals surface area contributed by atoms with Gasteiger partial charge in [-0.05, 0) is 30.0 Å². The molecule has 2 aromatic heterocycles. The average molecular weight is 369 g/mol. The Morgan fingerprint density at radius 1 is 1.12 bits per heavy atom. The number of nitrogens with one attached hydrogen (secondary N) is 1. The number of carbonyl (C=O) groups is 1. The van der Waals surface area contributed by atoms with Crippen molar-refractivity contribution in [3.63, 3.8) is 0 Å². The highest BCUT2D eigenvalue weighted by Crippen LogP contribution is 2.15. The van der Waals surface area contributed by atoms with Gasteiger partial charge >= 0.3 is 0 Å². The molecule has 1 N–H and O–H groups in total. The number of aryl methyl sites for hydroxylation is 1. The summed E-state index contributed by atoms with van der Waals surface area (Å²) < 4.78 is 0. The van der Waals surface area contributed by atoms with Crippen LogP contribution in [-0.4, -0.2) is 51.9 Å². The lowest BCUT2D eigenvalue weighted by Gasteiger charge is -2.21. The van der Waals surface area contributed by atoms with E-state index in [0.29, 0.717) is 12.8 Å². The average Bonchev–Trinajstić information content (AvgIpc) is 3.25. The second kappa shape index (κ2) is 8.01. The molecule has 3 heterocycles. The number of amides is 1. The van der Waals surface area contributed by atoms with Crippen molar-refractivity contribution in [2.24, 2.45) is 0 Å². The van der Waals surface area contributed by atoms with Crippen LogP contribution in [0.3, 0.4) is 0 Å². The molecule has 1 amide bonds. The molecule has 5 nitrogen and oxygen atoms in total. The Morgan fingerprint density at radius 2 is 2.04 bits per heavy atom. The summed E-state index contributed by atoms with van der Waals surface area (Å²) in [5.74, 6) is 1.14. The van der Waals surface area contributed by atoms with E-state index in [-0.39, 0.29) is 5.91 Å². The number of thiophene rings is 1. The zero-order valence-electron chi connectivity index (χ0n) is 14.9. The third kappa shape index (κ3) is 4.14. The molecular weight excluding hydrogens is 344 g/mol. The van der Waals surface area contributed by atoms with Crippen molar-refractivity contribution in [3.05, 3.63) is 52.5 Å². The van der Waals surface area contributed by atoms with Gasteiger partial charge < -0.3 is 9.88 Å². The summed E-state index contributed by atoms with van der Waals surface area (Å²) in [5, 5.41) is 2.13. The first-order chi connectivity index (χ1) is 12.8. The molecule has 6 heteroatoms. The minimum Gasteiger partial charge on any atom is -0.342 e. The summed E-state index contributed by atoms with van der Waals surface area (Å²) in [6.07, 6.45) is 2.23. The second-order valence-corrected chi connectivity index (χ2v) is 7.82. The Bertz CT molecular complexity index is 825. The van der Waals surface area contributed by atoms with Crippen LogP contribution in [0.1, 0.15) is 23.5 Å². The highest BCUT2D eigenvalue weighted by atomic mass is 32.1. The minimum absolute atomic E-state index is 0.239. The van der Waals surface area contributed by atoms with Gasteiger partial charge in [0.05, 0.1) is 11.0 Å². The SMILES string of the molecule is O=C(CCc1nc2ccccc2[nH]1)N1CCCN(Cc2cccs2)CC1. The van der Waals surface area contributed by atoms with Gasteiger partial charge in [0.2, 0.25) is 5.91 Å². The first kappa shape index (κ1) is 17.2. The number of fused-ring (bicyclic) bond motifs is 1. The summed E-state index contributed by atoms with van der Waals surface area (Å²) in [5.41, 5.74) is 2.00. The molecule has 0 aliphatic carbocycles. The fraction of sp³-hybridized carbons (Fsp3) is 0.400. The quantitative estimate of drug-likeness (QED) is 0.752. The maximum Gasteiger partial charge on any atom is 0.223 e. The smallest absolute Gasteiger partial charge is 0.223 e. The number of H-pyrrole nitrogens is 1. The van der Waals surface area contributed by atoms with Crippen LogP contribution in [0.2, 0.25) is 0 Å². The van der Waals surface area contributed by atoms with Crippen LogP contribution < -0.4 is 0 Å². The maximum absolute atomic E-state index is 12.6. The molecule has 0 bridgehead atoms. The van der Waals surface area contributed by atoms with Gasteiger partial charge in [-0.25, -0.2) is 4.98 Å². The molecule has 0 saturated carbocycles. The zero-order chi connectivity index (χ0) is 17.8. The van der Waals surface area contributed by atoms with Gasteiger partial charge in [0.25, 0.3) is 0 Å². The minimum atomic E-state index is 0.239. The molecule has 1 aliphatic heterocycles. The van der Waals surface area contributed by atoms with Crippen molar-refractivity contribution in [2.75, 3.05) is 26.2 Å². The highest BCUT2D eigenvalue weighted by molar-refractivity contribution is 7.09. The van der Waals surface area contributed by atoms with Gasteiger partial charge in [-0.15, -0.1) is 11.3 Å². The number of para-hydroxylation sites is 2. The van der Waals surface area contributed by atoms with Crippen molar-refractivity contribution < 1.29 is 4.79 Å². The zero-order valence-corrected chi connectivity index (χ0v) is 15.7. The molecular formula is C20H24N4OS. The first-order valence-electron chi connectivity index (χ1n) is 9.24. The number of rotatable bonds is 5. The molecule has 0 radical (unpaired) electrons. The number of benzene rings is 1. The number of hydrogen-bond acceptors (Lipinski definition) is 4. The number of imidazole rings is 1. The van der Waals surface area contributed by atoms with E-state index in [1.165, 1.54) is 4.88 Å². The van der Waals surface area contributed by atoms with E-state index in [4.69, 9.17) is 0 Å². The van der Waals surface area contributed by atoms with E-state index in [2.05, 4.69) is 32.4 Å². The van der Waals surface area contributed by atoms with Gasteiger partial charge in [0, 0.05) is 50.4 Å². The third-order valence-corrected chi connectivity index (χ3v) is 5.78. The lowest BCUT2D eigenvalue weighted by atomic mass is 10.2. The number of hydrogen-bond donors (Lipinski definition) is 1. The topological polar surface area (TPSA) is 52.2 Å². The number of carbonyl (C=O) groups excluding carboxylic acids is 1. The summed E-state index contributed by atoms with van der Waals surface area (Å²) >= 11 is 1.81. The fourth-order valence-electron chi connectivity index (χ4n) is 3.51. The normalized spacial score (nSPS) is 16.1. The van der Waals surface area contributed by atoms with E-state index in [1.807, 2.05) is 29.2 Å². The summed E-state index contributed by atoms with van der Waals surface area (Å²) in [7, 11) is 0. The van der Waals surface area contributed by atoms with E-state index < -0.39 is 0 Å². The molecule has 0 spiro atoms. The maximum atomic E-state index is 12.6. The number of aromatic nitrogens is 2. The Kier molecular flexibility index (Phi) is 5.32. The summed E-state index contributed by atoms with van der Waals surface area (Å²) in [4.78, 5) is 26.4. The molecule has 0 atom stereocenters. The largest absolute Gasteiger partial charge is 0.342 e. The number of nitrogens with zero attached hydrogens (tertiary/aromatic N) is 3. The second-order valence-electron chi connectivity index (χ2n) is 6.79. The molecule has 26 heavy (non-hydrogen) atoms.